The monoisotopic (exact) mass is 1100 g/mol. The van der Waals surface area contributed by atoms with E-state index < -0.39 is 60.7 Å². The average molecular weight is 1100 g/mol. The molecule has 2 aliphatic heterocycles. The molecule has 7 rings (SSSR count). The van der Waals surface area contributed by atoms with E-state index in [9.17, 15) is 47.9 Å². The second kappa shape index (κ2) is 24.6. The highest BCUT2D eigenvalue weighted by molar-refractivity contribution is 7.66. The topological polar surface area (TPSA) is 359 Å². The van der Waals surface area contributed by atoms with Gasteiger partial charge in [0.25, 0.3) is 19.3 Å². The van der Waals surface area contributed by atoms with Crippen molar-refractivity contribution in [3.8, 4) is 22.5 Å². The van der Waals surface area contributed by atoms with Crippen LogP contribution in [0.1, 0.15) is 86.5 Å². The number of phosphoric ester groups is 2. The van der Waals surface area contributed by atoms with Crippen molar-refractivity contribution in [2.24, 2.45) is 0 Å². The third-order valence-electron chi connectivity index (χ3n) is 12.2. The Morgan fingerprint density at radius 2 is 1.76 bits per heavy atom. The number of benzene rings is 3. The molecule has 28 heteroatoms. The first-order valence-corrected chi connectivity index (χ1v) is 28.7. The predicted molar refractivity (Wildman–Crippen MR) is 273 cm³/mol. The number of unbranched alkanes of at least 4 members (excludes halogenated alkanes) is 3. The number of ether oxygens (including phenoxy) is 1. The summed E-state index contributed by atoms with van der Waals surface area (Å²) in [6, 6.07) is 15.7. The van der Waals surface area contributed by atoms with E-state index in [-0.39, 0.29) is 48.2 Å². The lowest BCUT2D eigenvalue weighted by Gasteiger charge is -2.25. The molecule has 4 heterocycles. The van der Waals surface area contributed by atoms with Gasteiger partial charge in [0.1, 0.15) is 30.2 Å². The van der Waals surface area contributed by atoms with Crippen LogP contribution in [0.15, 0.2) is 64.1 Å². The number of imidazole rings is 1. The molecule has 3 unspecified atom stereocenters. The summed E-state index contributed by atoms with van der Waals surface area (Å²) in [6.45, 7) is 8.92. The molecule has 9 N–H and O–H groups in total. The van der Waals surface area contributed by atoms with Crippen LogP contribution in [-0.4, -0.2) is 110 Å². The van der Waals surface area contributed by atoms with Crippen molar-refractivity contribution in [1.29, 1.82) is 0 Å². The van der Waals surface area contributed by atoms with E-state index >= 15 is 0 Å². The average Bonchev–Trinajstić information content (AvgIpc) is 3.93. The third-order valence-corrected chi connectivity index (χ3v) is 16.5. The summed E-state index contributed by atoms with van der Waals surface area (Å²) in [5.41, 5.74) is 11.7. The molecule has 406 valence electrons. The fourth-order valence-electron chi connectivity index (χ4n) is 8.67. The van der Waals surface area contributed by atoms with E-state index in [1.807, 2.05) is 64.1 Å². The van der Waals surface area contributed by atoms with Gasteiger partial charge in [0, 0.05) is 78.9 Å². The number of anilines is 2. The van der Waals surface area contributed by atoms with Gasteiger partial charge < -0.3 is 54.7 Å². The van der Waals surface area contributed by atoms with Gasteiger partial charge in [-0.3, -0.25) is 33.0 Å². The molecule has 25 nitrogen and oxygen atoms in total. The normalized spacial score (nSPS) is 18.5. The Morgan fingerprint density at radius 1 is 1.00 bits per heavy atom. The molecule has 0 saturated carbocycles. The zero-order chi connectivity index (χ0) is 54.2. The number of carbonyl (C=O) groups excluding carboxylic acids is 2. The maximum Gasteiger partial charge on any atom is 0.487 e. The summed E-state index contributed by atoms with van der Waals surface area (Å²) in [5.74, 6) is 0.0684. The number of amides is 2. The van der Waals surface area contributed by atoms with Crippen LogP contribution in [-0.2, 0) is 40.9 Å². The number of aryl methyl sites for hydroxylation is 2. The van der Waals surface area contributed by atoms with Crippen LogP contribution in [0.25, 0.3) is 44.6 Å². The Balaban J connectivity index is 0.814. The van der Waals surface area contributed by atoms with Crippen molar-refractivity contribution < 1.29 is 74.9 Å². The largest absolute Gasteiger partial charge is 0.756 e. The Kier molecular flexibility index (Phi) is 18.7. The molecule has 6 atom stereocenters. The van der Waals surface area contributed by atoms with Crippen LogP contribution >= 0.6 is 23.5 Å². The van der Waals surface area contributed by atoms with Crippen molar-refractivity contribution in [1.82, 2.24) is 29.7 Å². The van der Waals surface area contributed by atoms with Crippen molar-refractivity contribution >= 4 is 69.1 Å². The number of aromatic amines is 1. The van der Waals surface area contributed by atoms with Gasteiger partial charge in [-0.15, -0.1) is 0 Å². The lowest BCUT2D eigenvalue weighted by molar-refractivity contribution is -0.496. The number of carbonyl (C=O) groups is 2. The molecular weight excluding hydrogens is 1040 g/mol. The quantitative estimate of drug-likeness (QED) is 0.0229. The first-order valence-electron chi connectivity index (χ1n) is 24.3. The molecule has 3 aliphatic rings. The van der Waals surface area contributed by atoms with E-state index in [2.05, 4.69) is 55.9 Å². The molecule has 1 aliphatic carbocycles. The molecule has 1 fully saturated rings. The van der Waals surface area contributed by atoms with E-state index in [0.717, 1.165) is 57.3 Å². The van der Waals surface area contributed by atoms with Crippen molar-refractivity contribution in [2.45, 2.75) is 91.1 Å². The molecule has 2 amide bonds. The number of nitrogen functional groups attached to an aromatic ring is 1. The second-order valence-corrected chi connectivity index (χ2v) is 22.5. The third kappa shape index (κ3) is 14.4. The minimum atomic E-state index is -5.82. The number of nitrogens with two attached hydrogens (primary N) is 1. The molecule has 1 saturated heterocycles. The zero-order valence-corrected chi connectivity index (χ0v) is 44.7. The van der Waals surface area contributed by atoms with Gasteiger partial charge in [0.05, 0.1) is 31.7 Å². The summed E-state index contributed by atoms with van der Waals surface area (Å²) in [5, 5.41) is 18.6. The lowest BCUT2D eigenvalue weighted by atomic mass is 9.89. The highest BCUT2D eigenvalue weighted by Gasteiger charge is 2.42. The number of nitrogens with zero attached hydrogens (tertiary/aromatic N) is 4. The summed E-state index contributed by atoms with van der Waals surface area (Å²) < 4.78 is 68.2. The van der Waals surface area contributed by atoms with E-state index in [4.69, 9.17) is 19.4 Å². The summed E-state index contributed by atoms with van der Waals surface area (Å²) in [4.78, 5) is 86.6. The van der Waals surface area contributed by atoms with Crippen LogP contribution in [0.5, 0.6) is 0 Å². The Bertz CT molecular complexity index is 3290. The van der Waals surface area contributed by atoms with E-state index in [1.54, 1.807) is 11.9 Å². The number of H-pyrrole nitrogens is 1. The number of phosphoric acid groups is 3. The molecule has 4 aromatic rings. The molecule has 0 bridgehead atoms. The van der Waals surface area contributed by atoms with Crippen molar-refractivity contribution in [3.63, 3.8) is 0 Å². The van der Waals surface area contributed by atoms with Crippen molar-refractivity contribution in [3.05, 3.63) is 87.3 Å². The fraction of sp³-hybridized carbons (Fsp3) is 0.447. The van der Waals surface area contributed by atoms with Crippen LogP contribution in [0.4, 0.5) is 11.6 Å². The summed E-state index contributed by atoms with van der Waals surface area (Å²) in [6.07, 6.45) is -0.266. The van der Waals surface area contributed by atoms with Gasteiger partial charge in [-0.1, -0.05) is 31.0 Å². The van der Waals surface area contributed by atoms with Gasteiger partial charge in [-0.2, -0.15) is 9.29 Å². The molecule has 2 aromatic carbocycles. The minimum absolute atomic E-state index is 0.0333. The zero-order valence-electron chi connectivity index (χ0n) is 42.0. The summed E-state index contributed by atoms with van der Waals surface area (Å²) in [7, 11) is -15.2. The maximum absolute atomic E-state index is 14.2. The molecule has 75 heavy (non-hydrogen) atoms. The van der Waals surface area contributed by atoms with Crippen LogP contribution in [0.2, 0.25) is 0 Å². The lowest BCUT2D eigenvalue weighted by Crippen LogP contribution is -2.76. The van der Waals surface area contributed by atoms with Gasteiger partial charge >= 0.3 is 15.6 Å². The molecular formula is C47H62N9O16P3. The number of aliphatic hydroxyl groups is 1. The first kappa shape index (κ1) is 57.1. The minimum Gasteiger partial charge on any atom is -0.756 e. The number of aromatic nitrogens is 4. The number of nitrogens with one attached hydrogen (secondary N) is 4. The number of aliphatic hydroxyl groups excluding tert-OH is 1. The van der Waals surface area contributed by atoms with Crippen LogP contribution < -0.4 is 37.2 Å². The fourth-order valence-corrected chi connectivity index (χ4v) is 12.2. The second-order valence-electron chi connectivity index (χ2n) is 17.9. The summed E-state index contributed by atoms with van der Waals surface area (Å²) >= 11 is 0. The Labute approximate surface area is 430 Å². The van der Waals surface area contributed by atoms with Crippen LogP contribution in [0.3, 0.4) is 0 Å². The highest BCUT2D eigenvalue weighted by atomic mass is 31.3. The molecule has 0 radical (unpaired) electrons. The maximum atomic E-state index is 14.2. The number of fused-ring (bicyclic) bond motifs is 3. The van der Waals surface area contributed by atoms with Gasteiger partial charge in [-0.25, -0.2) is 23.4 Å². The standard InChI is InChI=1S/C47H62N9O16P3/c1-6-49-34-23-37-32(21-28(34)3)42(33-22-29(4)35(50-7-2)24-38(33)69-37)30-15-10-11-16-31(30)46(60)55(5)19-14-17-40(58)51-18-12-8-9-13-20-67-73(61,62)71-75(65,66)72-74(63,64)68-26-39-36(57)25-41(70-39)56-27-52-43-44(56)53-47(48)54-45(43)59/h10-11,15-16,21-24,27,36,39,41,49,57H,6-9,12-14,17-20,25-26H2,1-5H3,(H,51,58)(H,61,62)(H,63,64)(H,65,66)(H3,48,53,54,59)/t36-,39+,41+/m0/s1. The predicted octanol–water partition coefficient (Wildman–Crippen LogP) is 3.88. The first-order chi connectivity index (χ1) is 35.6. The van der Waals surface area contributed by atoms with Crippen LogP contribution in [0, 0.1) is 13.8 Å². The smallest absolute Gasteiger partial charge is 0.487 e. The van der Waals surface area contributed by atoms with Crippen molar-refractivity contribution in [2.75, 3.05) is 57.5 Å². The van der Waals surface area contributed by atoms with Gasteiger partial charge in [0.2, 0.25) is 17.2 Å². The molecule has 2 aromatic heterocycles. The SMILES string of the molecule is CCNc1cc2oc3cc(=[NH+]CC)c(C)cc-3c(-c3ccccc3C(=O)N(C)CCCC(=O)NCCCCCCOP(=O)([O-])OP(=O)(O)OP(=O)(O)OC[C@H]3O[C@@H](n4cnc5c(=O)[nH]c(N)nc54)C[C@@H]3O)c2cc1C. The number of hydrogen-bond donors (Lipinski definition) is 8. The molecule has 0 spiro atoms. The van der Waals surface area contributed by atoms with Gasteiger partial charge in [0.15, 0.2) is 11.2 Å². The van der Waals surface area contributed by atoms with E-state index in [1.165, 1.54) is 10.9 Å². The Hall–Kier alpha value is -5.65. The van der Waals surface area contributed by atoms with Gasteiger partial charge in [-0.05, 0) is 76.3 Å². The number of hydrogen-bond acceptors (Lipinski definition) is 18. The highest BCUT2D eigenvalue weighted by Crippen LogP contribution is 2.66. The van der Waals surface area contributed by atoms with E-state index in [0.29, 0.717) is 55.7 Å². The number of rotatable bonds is 25. The Morgan fingerprint density at radius 3 is 2.52 bits per heavy atom.